The van der Waals surface area contributed by atoms with Crippen LogP contribution >= 0.6 is 22.6 Å². The van der Waals surface area contributed by atoms with E-state index in [9.17, 15) is 22.0 Å². The van der Waals surface area contributed by atoms with Gasteiger partial charge >= 0.3 is 0 Å². The Labute approximate surface area is 180 Å². The van der Waals surface area contributed by atoms with E-state index >= 15 is 0 Å². The van der Waals surface area contributed by atoms with Gasteiger partial charge in [-0.15, -0.1) is 0 Å². The molecule has 0 radical (unpaired) electrons. The number of nitrogens with one attached hydrogen (secondary N) is 2. The van der Waals surface area contributed by atoms with Crippen molar-refractivity contribution in [2.75, 3.05) is 24.7 Å². The van der Waals surface area contributed by atoms with Gasteiger partial charge < -0.3 is 21.1 Å². The first-order valence-corrected chi connectivity index (χ1v) is 11.5. The summed E-state index contributed by atoms with van der Waals surface area (Å²) < 4.78 is 59.0. The molecule has 1 amide bonds. The van der Waals surface area contributed by atoms with Gasteiger partial charge in [-0.25, -0.2) is 17.2 Å². The Morgan fingerprint density at radius 3 is 2.48 bits per heavy atom. The summed E-state index contributed by atoms with van der Waals surface area (Å²) >= 11 is 1.93. The lowest BCUT2D eigenvalue weighted by Crippen LogP contribution is -2.53. The summed E-state index contributed by atoms with van der Waals surface area (Å²) in [7, 11) is -3.68. The molecule has 0 bridgehead atoms. The molecular weight excluding hydrogens is 519 g/mol. The first-order valence-electron chi connectivity index (χ1n) is 8.48. The van der Waals surface area contributed by atoms with E-state index in [-0.39, 0.29) is 28.6 Å². The summed E-state index contributed by atoms with van der Waals surface area (Å²) in [6.07, 6.45) is 0.999. The van der Waals surface area contributed by atoms with Crippen molar-refractivity contribution in [3.8, 4) is 5.75 Å². The molecule has 1 fully saturated rings. The minimum Gasteiger partial charge on any atom is -0.473 e. The number of nitrogens with two attached hydrogens (primary N) is 1. The molecule has 2 aromatic rings. The Morgan fingerprint density at radius 2 is 1.97 bits per heavy atom. The van der Waals surface area contributed by atoms with Crippen LogP contribution in [0.4, 0.5) is 20.2 Å². The van der Waals surface area contributed by atoms with E-state index in [1.807, 2.05) is 22.6 Å². The number of halogens is 3. The van der Waals surface area contributed by atoms with Crippen LogP contribution in [0.1, 0.15) is 10.4 Å². The highest BCUT2D eigenvalue weighted by Crippen LogP contribution is 2.34. The van der Waals surface area contributed by atoms with E-state index in [2.05, 4.69) is 10.6 Å². The van der Waals surface area contributed by atoms with Gasteiger partial charge in [-0.2, -0.15) is 0 Å². The molecule has 1 atom stereocenters. The van der Waals surface area contributed by atoms with Gasteiger partial charge in [0, 0.05) is 34.9 Å². The van der Waals surface area contributed by atoms with E-state index in [0.717, 1.165) is 18.4 Å². The van der Waals surface area contributed by atoms with Crippen LogP contribution in [0.5, 0.6) is 5.75 Å². The Morgan fingerprint density at radius 1 is 1.28 bits per heavy atom. The zero-order valence-corrected chi connectivity index (χ0v) is 18.2. The zero-order valence-electron chi connectivity index (χ0n) is 15.2. The van der Waals surface area contributed by atoms with Crippen molar-refractivity contribution in [1.82, 2.24) is 5.32 Å². The number of hydrogen-bond donors (Lipinski definition) is 3. The standard InChI is InChI=1S/C18H18F2IN3O4S/c1-29(26,27)18(9-7-23-8-9)28-15-5-10(19)4-14(16(15)17(22)25)24-13-3-2-11(21)6-12(13)20/h2-6,9,18,23-24H,7-8H2,1H3,(H2,22,25). The summed E-state index contributed by atoms with van der Waals surface area (Å²) in [6.45, 7) is 0.801. The average Bonchev–Trinajstić information content (AvgIpc) is 2.53. The van der Waals surface area contributed by atoms with E-state index in [1.165, 1.54) is 12.1 Å². The number of rotatable bonds is 7. The fourth-order valence-corrected chi connectivity index (χ4v) is 4.55. The van der Waals surface area contributed by atoms with Crippen molar-refractivity contribution in [3.63, 3.8) is 0 Å². The molecular formula is C18H18F2IN3O4S. The molecule has 0 aromatic heterocycles. The Bertz CT molecular complexity index is 1060. The quantitative estimate of drug-likeness (QED) is 0.468. The van der Waals surface area contributed by atoms with Crippen molar-refractivity contribution >= 4 is 49.7 Å². The average molecular weight is 537 g/mol. The first-order chi connectivity index (χ1) is 13.6. The number of primary amides is 1. The molecule has 1 heterocycles. The van der Waals surface area contributed by atoms with Crippen LogP contribution in [0, 0.1) is 21.1 Å². The highest BCUT2D eigenvalue weighted by atomic mass is 127. The number of sulfone groups is 1. The van der Waals surface area contributed by atoms with E-state index in [1.54, 1.807) is 6.07 Å². The monoisotopic (exact) mass is 537 g/mol. The smallest absolute Gasteiger partial charge is 0.254 e. The molecule has 4 N–H and O–H groups in total. The number of benzene rings is 2. The van der Waals surface area contributed by atoms with Crippen LogP contribution in [0.3, 0.4) is 0 Å². The van der Waals surface area contributed by atoms with Crippen molar-refractivity contribution < 1.29 is 26.7 Å². The zero-order chi connectivity index (χ0) is 21.3. The van der Waals surface area contributed by atoms with Gasteiger partial charge in [-0.3, -0.25) is 4.79 Å². The Balaban J connectivity index is 2.04. The molecule has 1 saturated heterocycles. The van der Waals surface area contributed by atoms with Gasteiger partial charge in [0.1, 0.15) is 22.9 Å². The largest absolute Gasteiger partial charge is 0.473 e. The maximum atomic E-state index is 14.3. The van der Waals surface area contributed by atoms with Crippen LogP contribution in [0.15, 0.2) is 30.3 Å². The Kier molecular flexibility index (Phi) is 6.29. The lowest BCUT2D eigenvalue weighted by molar-refractivity contribution is 0.0991. The third-order valence-corrected chi connectivity index (χ3v) is 6.37. The lowest BCUT2D eigenvalue weighted by atomic mass is 10.0. The van der Waals surface area contributed by atoms with Crippen molar-refractivity contribution in [2.45, 2.75) is 5.44 Å². The number of hydrogen-bond acceptors (Lipinski definition) is 6. The van der Waals surface area contributed by atoms with Crippen LogP contribution in [0.25, 0.3) is 0 Å². The number of carbonyl (C=O) groups excluding carboxylic acids is 1. The maximum absolute atomic E-state index is 14.3. The molecule has 1 aliphatic rings. The molecule has 0 aliphatic carbocycles. The predicted octanol–water partition coefficient (Wildman–Crippen LogP) is 2.38. The van der Waals surface area contributed by atoms with Gasteiger partial charge in [0.05, 0.1) is 11.4 Å². The third-order valence-electron chi connectivity index (χ3n) is 4.38. The second-order valence-electron chi connectivity index (χ2n) is 6.67. The molecule has 3 rings (SSSR count). The SMILES string of the molecule is CS(=O)(=O)C(Oc1cc(F)cc(Nc2ccc(I)cc2F)c1C(N)=O)C1CNC1. The van der Waals surface area contributed by atoms with Crippen molar-refractivity contribution in [3.05, 3.63) is 51.1 Å². The topological polar surface area (TPSA) is 111 Å². The molecule has 7 nitrogen and oxygen atoms in total. The van der Waals surface area contributed by atoms with Gasteiger partial charge in [-0.1, -0.05) is 0 Å². The molecule has 1 unspecified atom stereocenters. The van der Waals surface area contributed by atoms with Gasteiger partial charge in [-0.05, 0) is 46.9 Å². The number of ether oxygens (including phenoxy) is 1. The van der Waals surface area contributed by atoms with Crippen LogP contribution in [-0.2, 0) is 9.84 Å². The highest BCUT2D eigenvalue weighted by Gasteiger charge is 2.37. The summed E-state index contributed by atoms with van der Waals surface area (Å²) in [5.41, 5.74) is 3.75. The second kappa shape index (κ2) is 8.40. The number of anilines is 2. The van der Waals surface area contributed by atoms with Gasteiger partial charge in [0.2, 0.25) is 5.44 Å². The molecule has 1 aliphatic heterocycles. The van der Waals surface area contributed by atoms with Crippen LogP contribution in [-0.4, -0.2) is 39.1 Å². The fourth-order valence-electron chi connectivity index (χ4n) is 2.93. The van der Waals surface area contributed by atoms with Crippen molar-refractivity contribution in [1.29, 1.82) is 0 Å². The molecule has 0 saturated carbocycles. The van der Waals surface area contributed by atoms with Crippen molar-refractivity contribution in [2.24, 2.45) is 11.7 Å². The molecule has 156 valence electrons. The predicted molar refractivity (Wildman–Crippen MR) is 113 cm³/mol. The lowest BCUT2D eigenvalue weighted by Gasteiger charge is -2.34. The summed E-state index contributed by atoms with van der Waals surface area (Å²) in [5, 5.41) is 5.58. The second-order valence-corrected chi connectivity index (χ2v) is 10.0. The highest BCUT2D eigenvalue weighted by molar-refractivity contribution is 14.1. The molecule has 2 aromatic carbocycles. The molecule has 11 heteroatoms. The minimum atomic E-state index is -3.68. The van der Waals surface area contributed by atoms with Gasteiger partial charge in [0.25, 0.3) is 5.91 Å². The third kappa shape index (κ3) is 4.95. The van der Waals surface area contributed by atoms with Crippen LogP contribution in [0.2, 0.25) is 0 Å². The fraction of sp³-hybridized carbons (Fsp3) is 0.278. The number of amides is 1. The van der Waals surface area contributed by atoms with E-state index in [4.69, 9.17) is 10.5 Å². The molecule has 29 heavy (non-hydrogen) atoms. The number of carbonyl (C=O) groups is 1. The summed E-state index contributed by atoms with van der Waals surface area (Å²) in [5.74, 6) is -3.09. The van der Waals surface area contributed by atoms with E-state index in [0.29, 0.717) is 16.7 Å². The Hall–Kier alpha value is -1.99. The van der Waals surface area contributed by atoms with E-state index < -0.39 is 32.8 Å². The molecule has 0 spiro atoms. The minimum absolute atomic E-state index is 0.00711. The summed E-state index contributed by atoms with van der Waals surface area (Å²) in [6, 6.07) is 6.15. The van der Waals surface area contributed by atoms with Crippen LogP contribution < -0.4 is 21.1 Å². The first kappa shape index (κ1) is 21.7. The van der Waals surface area contributed by atoms with Gasteiger partial charge in [0.15, 0.2) is 9.84 Å². The summed E-state index contributed by atoms with van der Waals surface area (Å²) in [4.78, 5) is 12.1. The normalized spacial score (nSPS) is 15.4. The maximum Gasteiger partial charge on any atom is 0.254 e.